The van der Waals surface area contributed by atoms with Crippen molar-refractivity contribution in [2.75, 3.05) is 31.2 Å². The third-order valence-corrected chi connectivity index (χ3v) is 3.82. The fourth-order valence-corrected chi connectivity index (χ4v) is 1.87. The molecule has 5 heteroatoms. The van der Waals surface area contributed by atoms with Gasteiger partial charge in [-0.1, -0.05) is 20.8 Å². The van der Waals surface area contributed by atoms with E-state index >= 15 is 0 Å². The number of nitrogens with zero attached hydrogens (tertiary/aromatic N) is 3. The molecule has 20 heavy (non-hydrogen) atoms. The van der Waals surface area contributed by atoms with E-state index in [0.29, 0.717) is 11.9 Å². The Morgan fingerprint density at radius 2 is 1.90 bits per heavy atom. The summed E-state index contributed by atoms with van der Waals surface area (Å²) in [7, 11) is 2.15. The number of hydrogen-bond acceptors (Lipinski definition) is 5. The molecule has 3 N–H and O–H groups in total. The fraction of sp³-hybridized carbons (Fsp3) is 0.733. The maximum absolute atomic E-state index is 5.96. The van der Waals surface area contributed by atoms with E-state index in [9.17, 15) is 0 Å². The topological polar surface area (TPSA) is 67.1 Å². The van der Waals surface area contributed by atoms with Crippen LogP contribution in [0.25, 0.3) is 0 Å². The lowest BCUT2D eigenvalue weighted by atomic mass is 10.2. The molecule has 0 radical (unpaired) electrons. The molecule has 0 spiro atoms. The van der Waals surface area contributed by atoms with Crippen molar-refractivity contribution in [2.24, 2.45) is 0 Å². The molecule has 0 aliphatic carbocycles. The molecule has 0 fully saturated rings. The predicted octanol–water partition coefficient (Wildman–Crippen LogP) is 2.63. The van der Waals surface area contributed by atoms with Gasteiger partial charge in [-0.3, -0.25) is 0 Å². The number of nitrogens with two attached hydrogens (primary N) is 1. The van der Waals surface area contributed by atoms with Gasteiger partial charge in [-0.2, -0.15) is 0 Å². The molecule has 1 atom stereocenters. The minimum Gasteiger partial charge on any atom is -0.383 e. The molecule has 1 rings (SSSR count). The largest absolute Gasteiger partial charge is 0.383 e. The van der Waals surface area contributed by atoms with E-state index in [2.05, 4.69) is 54.9 Å². The third kappa shape index (κ3) is 4.34. The van der Waals surface area contributed by atoms with Crippen molar-refractivity contribution in [2.45, 2.75) is 53.0 Å². The van der Waals surface area contributed by atoms with Crippen LogP contribution >= 0.6 is 0 Å². The molecule has 0 aliphatic rings. The molecule has 0 saturated heterocycles. The molecule has 0 bridgehead atoms. The number of nitrogen functional groups attached to an aromatic ring is 1. The quantitative estimate of drug-likeness (QED) is 0.803. The highest BCUT2D eigenvalue weighted by molar-refractivity contribution is 5.54. The van der Waals surface area contributed by atoms with Crippen molar-refractivity contribution >= 4 is 11.6 Å². The Hall–Kier alpha value is -1.36. The van der Waals surface area contributed by atoms with Gasteiger partial charge in [0.25, 0.3) is 0 Å². The van der Waals surface area contributed by atoms with Crippen LogP contribution in [0.5, 0.6) is 0 Å². The number of nitrogens with one attached hydrogen (secondary N) is 1. The number of anilines is 2. The molecular formula is C15H29N5. The summed E-state index contributed by atoms with van der Waals surface area (Å²) in [4.78, 5) is 11.3. The van der Waals surface area contributed by atoms with E-state index in [1.165, 1.54) is 0 Å². The summed E-state index contributed by atoms with van der Waals surface area (Å²) in [6.45, 7) is 12.4. The van der Waals surface area contributed by atoms with E-state index in [-0.39, 0.29) is 5.92 Å². The third-order valence-electron chi connectivity index (χ3n) is 3.82. The van der Waals surface area contributed by atoms with Crippen molar-refractivity contribution in [1.82, 2.24) is 14.9 Å². The highest BCUT2D eigenvalue weighted by Crippen LogP contribution is 2.20. The highest BCUT2D eigenvalue weighted by atomic mass is 15.1. The Morgan fingerprint density at radius 3 is 2.45 bits per heavy atom. The second-order valence-corrected chi connectivity index (χ2v) is 5.76. The van der Waals surface area contributed by atoms with Crippen LogP contribution < -0.4 is 11.1 Å². The number of likely N-dealkylation sites (N-methyl/N-ethyl adjacent to an activating group) is 1. The van der Waals surface area contributed by atoms with Gasteiger partial charge in [0, 0.05) is 30.6 Å². The van der Waals surface area contributed by atoms with Crippen LogP contribution in [-0.2, 0) is 0 Å². The van der Waals surface area contributed by atoms with Crippen LogP contribution in [0.1, 0.15) is 51.4 Å². The molecule has 1 unspecified atom stereocenters. The second kappa shape index (κ2) is 7.43. The summed E-state index contributed by atoms with van der Waals surface area (Å²) >= 11 is 0. The Bertz CT molecular complexity index is 431. The van der Waals surface area contributed by atoms with E-state index < -0.39 is 0 Å². The Kier molecular flexibility index (Phi) is 6.20. The molecule has 114 valence electrons. The predicted molar refractivity (Wildman–Crippen MR) is 86.1 cm³/mol. The van der Waals surface area contributed by atoms with Crippen LogP contribution in [0, 0.1) is 6.92 Å². The van der Waals surface area contributed by atoms with Gasteiger partial charge < -0.3 is 16.0 Å². The first-order valence-corrected chi connectivity index (χ1v) is 7.44. The summed E-state index contributed by atoms with van der Waals surface area (Å²) in [5.41, 5.74) is 6.89. The van der Waals surface area contributed by atoms with Gasteiger partial charge in [0.15, 0.2) is 0 Å². The van der Waals surface area contributed by atoms with Gasteiger partial charge in [-0.05, 0) is 27.3 Å². The van der Waals surface area contributed by atoms with Crippen molar-refractivity contribution in [3.8, 4) is 0 Å². The first-order valence-electron chi connectivity index (χ1n) is 7.44. The molecular weight excluding hydrogens is 250 g/mol. The van der Waals surface area contributed by atoms with E-state index in [4.69, 9.17) is 5.73 Å². The molecule has 1 aromatic heterocycles. The number of hydrogen-bond donors (Lipinski definition) is 2. The van der Waals surface area contributed by atoms with Gasteiger partial charge in [0.1, 0.15) is 17.5 Å². The standard InChI is InChI=1S/C15H29N5/c1-7-11(4)20(6)9-8-17-15-12(5)13(16)18-14(19-15)10(2)3/h10-11H,7-9H2,1-6H3,(H3,16,17,18,19). The molecule has 5 nitrogen and oxygen atoms in total. The maximum Gasteiger partial charge on any atom is 0.135 e. The van der Waals surface area contributed by atoms with Crippen molar-refractivity contribution in [3.63, 3.8) is 0 Å². The Morgan fingerprint density at radius 1 is 1.25 bits per heavy atom. The first kappa shape index (κ1) is 16.7. The zero-order valence-corrected chi connectivity index (χ0v) is 13.7. The van der Waals surface area contributed by atoms with Crippen LogP contribution in [-0.4, -0.2) is 41.0 Å². The van der Waals surface area contributed by atoms with Crippen LogP contribution in [0.4, 0.5) is 11.6 Å². The lowest BCUT2D eigenvalue weighted by Gasteiger charge is -2.23. The van der Waals surface area contributed by atoms with Gasteiger partial charge in [-0.25, -0.2) is 9.97 Å². The molecule has 1 heterocycles. The summed E-state index contributed by atoms with van der Waals surface area (Å²) in [5.74, 6) is 2.51. The van der Waals surface area contributed by atoms with Gasteiger partial charge >= 0.3 is 0 Å². The minimum absolute atomic E-state index is 0.279. The van der Waals surface area contributed by atoms with Crippen molar-refractivity contribution in [3.05, 3.63) is 11.4 Å². The van der Waals surface area contributed by atoms with Crippen molar-refractivity contribution < 1.29 is 0 Å². The van der Waals surface area contributed by atoms with Crippen molar-refractivity contribution in [1.29, 1.82) is 0 Å². The summed E-state index contributed by atoms with van der Waals surface area (Å²) in [6, 6.07) is 0.597. The fourth-order valence-electron chi connectivity index (χ4n) is 1.87. The minimum atomic E-state index is 0.279. The van der Waals surface area contributed by atoms with E-state index in [1.54, 1.807) is 0 Å². The average Bonchev–Trinajstić information content (AvgIpc) is 2.41. The zero-order chi connectivity index (χ0) is 15.3. The summed E-state index contributed by atoms with van der Waals surface area (Å²) in [6.07, 6.45) is 1.16. The Balaban J connectivity index is 2.68. The molecule has 0 amide bonds. The smallest absolute Gasteiger partial charge is 0.135 e. The van der Waals surface area contributed by atoms with E-state index in [0.717, 1.165) is 36.7 Å². The van der Waals surface area contributed by atoms with E-state index in [1.807, 2.05) is 6.92 Å². The maximum atomic E-state index is 5.96. The summed E-state index contributed by atoms with van der Waals surface area (Å²) < 4.78 is 0. The number of rotatable bonds is 7. The monoisotopic (exact) mass is 279 g/mol. The lowest BCUT2D eigenvalue weighted by molar-refractivity contribution is 0.261. The second-order valence-electron chi connectivity index (χ2n) is 5.76. The van der Waals surface area contributed by atoms with Gasteiger partial charge in [0.2, 0.25) is 0 Å². The van der Waals surface area contributed by atoms with Crippen LogP contribution in [0.15, 0.2) is 0 Å². The lowest BCUT2D eigenvalue weighted by Crippen LogP contribution is -2.33. The molecule has 0 aromatic carbocycles. The van der Waals surface area contributed by atoms with Gasteiger partial charge in [0.05, 0.1) is 0 Å². The first-order chi connectivity index (χ1) is 9.36. The molecule has 0 aliphatic heterocycles. The zero-order valence-electron chi connectivity index (χ0n) is 13.7. The molecule has 0 saturated carbocycles. The SMILES string of the molecule is CCC(C)N(C)CCNc1nc(C(C)C)nc(N)c1C. The van der Waals surface area contributed by atoms with Crippen LogP contribution in [0.3, 0.4) is 0 Å². The van der Waals surface area contributed by atoms with Gasteiger partial charge in [-0.15, -0.1) is 0 Å². The Labute approximate surface area is 123 Å². The van der Waals surface area contributed by atoms with Crippen LogP contribution in [0.2, 0.25) is 0 Å². The summed E-state index contributed by atoms with van der Waals surface area (Å²) in [5, 5.41) is 3.39. The highest BCUT2D eigenvalue weighted by Gasteiger charge is 2.11. The normalized spacial score (nSPS) is 13.0. The molecule has 1 aromatic rings. The number of aromatic nitrogens is 2. The average molecular weight is 279 g/mol.